The summed E-state index contributed by atoms with van der Waals surface area (Å²) in [6, 6.07) is 3.47. The van der Waals surface area contributed by atoms with Crippen molar-refractivity contribution in [1.29, 1.82) is 0 Å². The summed E-state index contributed by atoms with van der Waals surface area (Å²) in [5.74, 6) is -0.579. The van der Waals surface area contributed by atoms with Crippen LogP contribution in [-0.4, -0.2) is 11.2 Å². The van der Waals surface area contributed by atoms with Crippen LogP contribution >= 0.6 is 0 Å². The Bertz CT molecular complexity index is 377. The Labute approximate surface area is 113 Å². The van der Waals surface area contributed by atoms with Crippen molar-refractivity contribution in [3.8, 4) is 0 Å². The molecule has 0 saturated heterocycles. The third kappa shape index (κ3) is 4.90. The number of benzene rings is 1. The SMILES string of the molecule is OC(Cc1cc(F)cc(F)c1)CC1CCCCCC1. The maximum atomic E-state index is 13.1. The highest BCUT2D eigenvalue weighted by atomic mass is 19.1. The van der Waals surface area contributed by atoms with E-state index in [4.69, 9.17) is 0 Å². The summed E-state index contributed by atoms with van der Waals surface area (Å²) in [6.45, 7) is 0. The summed E-state index contributed by atoms with van der Waals surface area (Å²) in [4.78, 5) is 0. The van der Waals surface area contributed by atoms with Crippen LogP contribution < -0.4 is 0 Å². The Balaban J connectivity index is 1.87. The first-order valence-electron chi connectivity index (χ1n) is 7.26. The van der Waals surface area contributed by atoms with Crippen molar-refractivity contribution in [2.45, 2.75) is 57.5 Å². The highest BCUT2D eigenvalue weighted by Crippen LogP contribution is 2.27. The van der Waals surface area contributed by atoms with Crippen LogP contribution in [-0.2, 0) is 6.42 Å². The van der Waals surface area contributed by atoms with E-state index in [1.165, 1.54) is 50.7 Å². The van der Waals surface area contributed by atoms with Gasteiger partial charge in [-0.3, -0.25) is 0 Å². The van der Waals surface area contributed by atoms with E-state index < -0.39 is 17.7 Å². The van der Waals surface area contributed by atoms with E-state index in [1.54, 1.807) is 0 Å². The molecule has 1 N–H and O–H groups in total. The van der Waals surface area contributed by atoms with Gasteiger partial charge in [0.1, 0.15) is 11.6 Å². The Morgan fingerprint density at radius 1 is 1.00 bits per heavy atom. The fourth-order valence-electron chi connectivity index (χ4n) is 3.07. The van der Waals surface area contributed by atoms with E-state index in [-0.39, 0.29) is 0 Å². The number of hydrogen-bond acceptors (Lipinski definition) is 1. The van der Waals surface area contributed by atoms with Crippen LogP contribution in [0.2, 0.25) is 0 Å². The Morgan fingerprint density at radius 3 is 2.16 bits per heavy atom. The molecule has 3 heteroatoms. The molecule has 1 atom stereocenters. The standard InChI is InChI=1S/C16H22F2O/c17-14-7-13(8-15(18)11-14)10-16(19)9-12-5-3-1-2-4-6-12/h7-8,11-12,16,19H,1-6,9-10H2. The molecule has 0 radical (unpaired) electrons. The molecule has 2 rings (SSSR count). The molecule has 0 aliphatic heterocycles. The molecule has 1 nitrogen and oxygen atoms in total. The van der Waals surface area contributed by atoms with Gasteiger partial charge in [-0.2, -0.15) is 0 Å². The van der Waals surface area contributed by atoms with Gasteiger partial charge in [0, 0.05) is 6.07 Å². The summed E-state index contributed by atoms with van der Waals surface area (Å²) >= 11 is 0. The minimum absolute atomic E-state index is 0.338. The molecular weight excluding hydrogens is 246 g/mol. The molecule has 0 aromatic heterocycles. The monoisotopic (exact) mass is 268 g/mol. The van der Waals surface area contributed by atoms with E-state index >= 15 is 0 Å². The van der Waals surface area contributed by atoms with Crippen LogP contribution in [0.25, 0.3) is 0 Å². The second-order valence-electron chi connectivity index (χ2n) is 5.73. The number of aliphatic hydroxyl groups is 1. The molecule has 1 fully saturated rings. The van der Waals surface area contributed by atoms with E-state index in [1.807, 2.05) is 0 Å². The van der Waals surface area contributed by atoms with E-state index in [9.17, 15) is 13.9 Å². The largest absolute Gasteiger partial charge is 0.393 e. The van der Waals surface area contributed by atoms with Crippen molar-refractivity contribution >= 4 is 0 Å². The van der Waals surface area contributed by atoms with Crippen LogP contribution in [0.4, 0.5) is 8.78 Å². The zero-order valence-corrected chi connectivity index (χ0v) is 11.2. The topological polar surface area (TPSA) is 20.2 Å². The van der Waals surface area contributed by atoms with Crippen molar-refractivity contribution in [2.24, 2.45) is 5.92 Å². The number of halogens is 2. The Hall–Kier alpha value is -0.960. The molecule has 1 aromatic carbocycles. The number of hydrogen-bond donors (Lipinski definition) is 1. The van der Waals surface area contributed by atoms with Gasteiger partial charge in [-0.25, -0.2) is 8.78 Å². The molecule has 19 heavy (non-hydrogen) atoms. The average Bonchev–Trinajstić information content (AvgIpc) is 2.55. The van der Waals surface area contributed by atoms with Gasteiger partial charge < -0.3 is 5.11 Å². The zero-order valence-electron chi connectivity index (χ0n) is 11.2. The lowest BCUT2D eigenvalue weighted by molar-refractivity contribution is 0.137. The molecule has 0 spiro atoms. The van der Waals surface area contributed by atoms with Gasteiger partial charge in [-0.05, 0) is 36.5 Å². The normalized spacial score (nSPS) is 19.1. The highest BCUT2D eigenvalue weighted by Gasteiger charge is 2.17. The first-order valence-corrected chi connectivity index (χ1v) is 7.26. The molecule has 1 saturated carbocycles. The van der Waals surface area contributed by atoms with Crippen LogP contribution in [0, 0.1) is 17.6 Å². The first-order chi connectivity index (χ1) is 9.13. The Kier molecular flexibility index (Phi) is 5.32. The average molecular weight is 268 g/mol. The predicted molar refractivity (Wildman–Crippen MR) is 71.9 cm³/mol. The Morgan fingerprint density at radius 2 is 1.58 bits per heavy atom. The van der Waals surface area contributed by atoms with Crippen molar-refractivity contribution in [3.63, 3.8) is 0 Å². The third-order valence-corrected chi connectivity index (χ3v) is 3.97. The third-order valence-electron chi connectivity index (χ3n) is 3.97. The molecule has 1 aliphatic carbocycles. The van der Waals surface area contributed by atoms with Crippen molar-refractivity contribution in [3.05, 3.63) is 35.4 Å². The zero-order chi connectivity index (χ0) is 13.7. The molecule has 1 aliphatic rings. The molecule has 0 amide bonds. The first kappa shape index (κ1) is 14.4. The number of aliphatic hydroxyl groups excluding tert-OH is 1. The van der Waals surface area contributed by atoms with Crippen molar-refractivity contribution in [1.82, 2.24) is 0 Å². The lowest BCUT2D eigenvalue weighted by Crippen LogP contribution is -2.16. The molecule has 0 bridgehead atoms. The van der Waals surface area contributed by atoms with Gasteiger partial charge in [-0.1, -0.05) is 38.5 Å². The maximum absolute atomic E-state index is 13.1. The van der Waals surface area contributed by atoms with Crippen LogP contribution in [0.1, 0.15) is 50.5 Å². The summed E-state index contributed by atoms with van der Waals surface area (Å²) in [6.07, 6.45) is 8.01. The molecule has 106 valence electrons. The summed E-state index contributed by atoms with van der Waals surface area (Å²) in [5, 5.41) is 10.1. The fourth-order valence-corrected chi connectivity index (χ4v) is 3.07. The molecule has 1 unspecified atom stereocenters. The number of rotatable bonds is 4. The highest BCUT2D eigenvalue weighted by molar-refractivity contribution is 5.18. The summed E-state index contributed by atoms with van der Waals surface area (Å²) < 4.78 is 26.1. The van der Waals surface area contributed by atoms with Gasteiger partial charge in [0.15, 0.2) is 0 Å². The van der Waals surface area contributed by atoms with Crippen LogP contribution in [0.3, 0.4) is 0 Å². The quantitative estimate of drug-likeness (QED) is 0.810. The van der Waals surface area contributed by atoms with Gasteiger partial charge >= 0.3 is 0 Å². The fraction of sp³-hybridized carbons (Fsp3) is 0.625. The van der Waals surface area contributed by atoms with Crippen LogP contribution in [0.5, 0.6) is 0 Å². The maximum Gasteiger partial charge on any atom is 0.126 e. The van der Waals surface area contributed by atoms with E-state index in [0.29, 0.717) is 17.9 Å². The minimum Gasteiger partial charge on any atom is -0.393 e. The molecular formula is C16H22F2O. The van der Waals surface area contributed by atoms with Gasteiger partial charge in [0.05, 0.1) is 6.10 Å². The van der Waals surface area contributed by atoms with Gasteiger partial charge in [0.25, 0.3) is 0 Å². The molecule has 1 aromatic rings. The predicted octanol–water partition coefficient (Wildman–Crippen LogP) is 4.23. The second-order valence-corrected chi connectivity index (χ2v) is 5.73. The van der Waals surface area contributed by atoms with E-state index in [2.05, 4.69) is 0 Å². The lowest BCUT2D eigenvalue weighted by Gasteiger charge is -2.18. The minimum atomic E-state index is -0.573. The smallest absolute Gasteiger partial charge is 0.126 e. The molecule has 0 heterocycles. The van der Waals surface area contributed by atoms with Gasteiger partial charge in [0.2, 0.25) is 0 Å². The van der Waals surface area contributed by atoms with Crippen molar-refractivity contribution < 1.29 is 13.9 Å². The summed E-state index contributed by atoms with van der Waals surface area (Å²) in [5.41, 5.74) is 0.540. The summed E-state index contributed by atoms with van der Waals surface area (Å²) in [7, 11) is 0. The van der Waals surface area contributed by atoms with E-state index in [0.717, 1.165) is 12.5 Å². The van der Waals surface area contributed by atoms with Gasteiger partial charge in [-0.15, -0.1) is 0 Å². The lowest BCUT2D eigenvalue weighted by atomic mass is 9.91. The second kappa shape index (κ2) is 6.99. The van der Waals surface area contributed by atoms with Crippen LogP contribution in [0.15, 0.2) is 18.2 Å². The van der Waals surface area contributed by atoms with Crippen molar-refractivity contribution in [2.75, 3.05) is 0 Å².